The fraction of sp³-hybridized carbons (Fsp3) is 0.463. The number of hydrogen-bond donors (Lipinski definition) is 1. The molecule has 6 aromatic rings. The van der Waals surface area contributed by atoms with Gasteiger partial charge >= 0.3 is 11.9 Å². The molecule has 0 aliphatic carbocycles. The van der Waals surface area contributed by atoms with Crippen molar-refractivity contribution in [1.29, 1.82) is 0 Å². The molecule has 20 nitrogen and oxygen atoms in total. The van der Waals surface area contributed by atoms with E-state index in [1.165, 1.54) is 22.5 Å². The number of piperidine rings is 1. The summed E-state index contributed by atoms with van der Waals surface area (Å²) in [6.45, 7) is 13.9. The molecule has 1 saturated heterocycles. The summed E-state index contributed by atoms with van der Waals surface area (Å²) in [6, 6.07) is 15.4. The third-order valence-corrected chi connectivity index (χ3v) is 16.5. The number of pyridine rings is 1. The Kier molecular flexibility index (Phi) is 19.0. The number of amides is 1. The highest BCUT2D eigenvalue weighted by atomic mass is 35.5. The minimum atomic E-state index is -3.99. The van der Waals surface area contributed by atoms with Crippen molar-refractivity contribution in [1.82, 2.24) is 34.0 Å². The van der Waals surface area contributed by atoms with Crippen molar-refractivity contribution < 1.29 is 56.0 Å². The Hall–Kier alpha value is -6.11. The molecule has 1 atom stereocenters. The van der Waals surface area contributed by atoms with Gasteiger partial charge in [0.15, 0.2) is 5.82 Å². The van der Waals surface area contributed by atoms with E-state index in [0.717, 1.165) is 33.2 Å². The number of carbonyl (C=O) groups excluding carboxylic acids is 3. The Balaban J connectivity index is 0.720. The monoisotopic (exact) mass is 1120 g/mol. The molecule has 0 spiro atoms. The van der Waals surface area contributed by atoms with Crippen LogP contribution in [0.25, 0.3) is 21.6 Å². The average Bonchev–Trinajstić information content (AvgIpc) is 4.10. The Morgan fingerprint density at radius 1 is 0.857 bits per heavy atom. The van der Waals surface area contributed by atoms with Crippen molar-refractivity contribution in [3.63, 3.8) is 0 Å². The first-order valence-corrected chi connectivity index (χ1v) is 28.0. The van der Waals surface area contributed by atoms with E-state index in [0.29, 0.717) is 104 Å². The second kappa shape index (κ2) is 25.6. The highest BCUT2D eigenvalue weighted by Crippen LogP contribution is 2.41. The van der Waals surface area contributed by atoms with Gasteiger partial charge in [0.2, 0.25) is 22.7 Å². The largest absolute Gasteiger partial charge is 0.496 e. The van der Waals surface area contributed by atoms with Gasteiger partial charge in [0.1, 0.15) is 22.6 Å². The van der Waals surface area contributed by atoms with Crippen molar-refractivity contribution in [2.75, 3.05) is 79.8 Å². The summed E-state index contributed by atoms with van der Waals surface area (Å²) in [5.74, 6) is 0.396. The van der Waals surface area contributed by atoms with Gasteiger partial charge < -0.3 is 38.5 Å². The molecule has 2 aliphatic rings. The van der Waals surface area contributed by atoms with Crippen LogP contribution in [0.5, 0.6) is 5.75 Å². The predicted molar refractivity (Wildman–Crippen MR) is 288 cm³/mol. The van der Waals surface area contributed by atoms with Gasteiger partial charge in [-0.15, -0.1) is 21.5 Å². The summed E-state index contributed by atoms with van der Waals surface area (Å²) in [6.07, 6.45) is 4.01. The van der Waals surface area contributed by atoms with E-state index in [4.69, 9.17) is 49.8 Å². The van der Waals surface area contributed by atoms with Crippen LogP contribution < -0.4 is 10.1 Å². The predicted octanol–water partition coefficient (Wildman–Crippen LogP) is 7.18. The van der Waals surface area contributed by atoms with Crippen molar-refractivity contribution in [3.05, 3.63) is 111 Å². The highest BCUT2D eigenvalue weighted by molar-refractivity contribution is 7.89. The van der Waals surface area contributed by atoms with Gasteiger partial charge in [-0.3, -0.25) is 23.9 Å². The maximum atomic E-state index is 14.3. The van der Waals surface area contributed by atoms with Gasteiger partial charge in [-0.1, -0.05) is 29.8 Å². The van der Waals surface area contributed by atoms with Crippen LogP contribution in [-0.2, 0) is 59.2 Å². The fourth-order valence-corrected chi connectivity index (χ4v) is 11.9. The number of aryl methyl sites for hydroxylation is 2. The van der Waals surface area contributed by atoms with E-state index in [1.807, 2.05) is 35.8 Å². The van der Waals surface area contributed by atoms with Gasteiger partial charge in [0.05, 0.1) is 100 Å². The number of nitrogens with zero attached hydrogens (tertiary/aromatic N) is 7. The molecule has 412 valence electrons. The minimum absolute atomic E-state index is 0.0785. The van der Waals surface area contributed by atoms with Crippen LogP contribution in [0, 0.1) is 26.2 Å². The van der Waals surface area contributed by atoms with Gasteiger partial charge in [-0.05, 0) is 102 Å². The summed E-state index contributed by atoms with van der Waals surface area (Å²) < 4.78 is 72.8. The third-order valence-electron chi connectivity index (χ3n) is 13.1. The molecule has 2 aromatic carbocycles. The second-order valence-corrected chi connectivity index (χ2v) is 23.1. The number of aliphatic imine (C=N–C) groups is 1. The summed E-state index contributed by atoms with van der Waals surface area (Å²) in [5.41, 5.74) is 5.09. The topological polar surface area (TPSA) is 226 Å². The van der Waals surface area contributed by atoms with Gasteiger partial charge in [-0.25, -0.2) is 12.9 Å². The van der Waals surface area contributed by atoms with E-state index in [-0.39, 0.29) is 42.8 Å². The molecule has 4 aromatic heterocycles. The number of hydrogen-bond acceptors (Lipinski definition) is 17. The Labute approximate surface area is 457 Å². The van der Waals surface area contributed by atoms with Crippen LogP contribution in [0.2, 0.25) is 5.02 Å². The number of esters is 2. The Bertz CT molecular complexity index is 3200. The summed E-state index contributed by atoms with van der Waals surface area (Å²) in [7, 11) is -2.51. The van der Waals surface area contributed by atoms with E-state index in [2.05, 4.69) is 34.5 Å². The third kappa shape index (κ3) is 13.8. The first kappa shape index (κ1) is 57.1. The molecule has 1 N–H and O–H groups in total. The van der Waals surface area contributed by atoms with Crippen LogP contribution >= 0.6 is 22.9 Å². The van der Waals surface area contributed by atoms with E-state index < -0.39 is 40.2 Å². The molecule has 77 heavy (non-hydrogen) atoms. The van der Waals surface area contributed by atoms with Crippen LogP contribution in [0.4, 0.5) is 0 Å². The first-order valence-electron chi connectivity index (χ1n) is 25.4. The lowest BCUT2D eigenvalue weighted by Crippen LogP contribution is -2.41. The lowest BCUT2D eigenvalue weighted by atomic mass is 9.98. The summed E-state index contributed by atoms with van der Waals surface area (Å²) in [5, 5.41) is 17.8. The zero-order valence-corrected chi connectivity index (χ0v) is 46.7. The van der Waals surface area contributed by atoms with Gasteiger partial charge in [0.25, 0.3) is 0 Å². The molecule has 1 amide bonds. The normalized spacial score (nSPS) is 15.2. The number of rotatable bonds is 24. The summed E-state index contributed by atoms with van der Waals surface area (Å²) in [4.78, 5) is 44.5. The highest BCUT2D eigenvalue weighted by Gasteiger charge is 2.35. The number of fused-ring (bicyclic) bond motifs is 4. The molecule has 1 fully saturated rings. The molecule has 6 heterocycles. The number of aromatic nitrogens is 5. The number of sulfonamides is 1. The smallest absolute Gasteiger partial charge is 0.314 e. The minimum Gasteiger partial charge on any atom is -0.496 e. The lowest BCUT2D eigenvalue weighted by molar-refractivity contribution is -0.172. The van der Waals surface area contributed by atoms with Crippen molar-refractivity contribution in [2.24, 2.45) is 10.4 Å². The SMILES string of the molecule is COc1cccc(S(=O)(=O)N2CCC(OCCOCCOCCOCCNC(=O)C[C@@H]3N=C(c4ccc(Cl)cc4)c4c(sc(C)c4C)-n4c(C)nnc43)CC2)c1-c1ccn2ncc(CC(=O)OCOC(=O)C(C)(C)C)c2c1. The maximum absolute atomic E-state index is 14.3. The van der Waals surface area contributed by atoms with E-state index in [9.17, 15) is 22.8 Å². The lowest BCUT2D eigenvalue weighted by Gasteiger charge is -2.31. The van der Waals surface area contributed by atoms with E-state index >= 15 is 0 Å². The molecule has 23 heteroatoms. The Morgan fingerprint density at radius 3 is 2.26 bits per heavy atom. The standard InChI is InChI=1S/C54H65ClN8O12S2/c1-34-35(2)76-52-48(34)50(37-11-13-40(55)14-12-37)58-42(51-60-59-36(3)63(51)52)31-46(64)56-18-22-70-23-24-71-25-26-72-27-28-73-41-16-19-61(20-17-41)77(67,68)45-10-8-9-44(69-7)49(45)38-15-21-62-43(29-38)39(32-57-62)30-47(65)74-33-75-53(66)54(4,5)6/h8-15,21,29,32,41-42H,16-20,22-28,30-31,33H2,1-7H3,(H,56,64)/t42-/m0/s1. The fourth-order valence-electron chi connectivity index (χ4n) is 8.91. The number of ether oxygens (including phenoxy) is 7. The zero-order valence-electron chi connectivity index (χ0n) is 44.3. The van der Waals surface area contributed by atoms with Crippen LogP contribution in [0.15, 0.2) is 76.9 Å². The van der Waals surface area contributed by atoms with Crippen LogP contribution in [0.1, 0.15) is 84.9 Å². The number of halogens is 1. The average molecular weight is 1120 g/mol. The number of thiophene rings is 1. The number of nitrogens with one attached hydrogen (secondary N) is 1. The van der Waals surface area contributed by atoms with E-state index in [1.54, 1.807) is 73.2 Å². The second-order valence-electron chi connectivity index (χ2n) is 19.5. The van der Waals surface area contributed by atoms with Crippen molar-refractivity contribution in [3.8, 4) is 21.9 Å². The Morgan fingerprint density at radius 2 is 1.56 bits per heavy atom. The van der Waals surface area contributed by atoms with Gasteiger partial charge in [0, 0.05) is 58.0 Å². The van der Waals surface area contributed by atoms with Crippen LogP contribution in [0.3, 0.4) is 0 Å². The molecule has 0 saturated carbocycles. The first-order chi connectivity index (χ1) is 36.9. The molecule has 8 rings (SSSR count). The molecule has 2 aliphatic heterocycles. The zero-order chi connectivity index (χ0) is 54.9. The van der Waals surface area contributed by atoms with Gasteiger partial charge in [-0.2, -0.15) is 9.40 Å². The molecular formula is C54H65ClN8O12S2. The summed E-state index contributed by atoms with van der Waals surface area (Å²) >= 11 is 7.90. The molecular weight excluding hydrogens is 1050 g/mol. The molecule has 0 bridgehead atoms. The maximum Gasteiger partial charge on any atom is 0.314 e. The number of methoxy groups -OCH3 is 1. The molecule has 0 radical (unpaired) electrons. The quantitative estimate of drug-likeness (QED) is 0.0360. The van der Waals surface area contributed by atoms with Crippen molar-refractivity contribution in [2.45, 2.75) is 84.3 Å². The van der Waals surface area contributed by atoms with Crippen LogP contribution in [-0.4, -0.2) is 147 Å². The number of benzene rings is 2. The molecule has 0 unspecified atom stereocenters. The number of carbonyl (C=O) groups is 3. The van der Waals surface area contributed by atoms with Crippen molar-refractivity contribution >= 4 is 62.0 Å².